The second-order valence-electron chi connectivity index (χ2n) is 4.04. The lowest BCUT2D eigenvalue weighted by molar-refractivity contribution is 0.620. The number of hydrogen-bond acceptors (Lipinski definition) is 2. The first-order valence-electron chi connectivity index (χ1n) is 5.61. The van der Waals surface area contributed by atoms with E-state index >= 15 is 0 Å². The van der Waals surface area contributed by atoms with Gasteiger partial charge in [0.15, 0.2) is 0 Å². The highest BCUT2D eigenvalue weighted by Crippen LogP contribution is 2.41. The van der Waals surface area contributed by atoms with Gasteiger partial charge in [-0.25, -0.2) is 0 Å². The Balaban J connectivity index is 2.16. The first-order chi connectivity index (χ1) is 6.86. The van der Waals surface area contributed by atoms with Crippen molar-refractivity contribution in [3.8, 4) is 0 Å². The van der Waals surface area contributed by atoms with E-state index in [1.165, 1.54) is 24.1 Å². The normalized spacial score (nSPS) is 16.1. The van der Waals surface area contributed by atoms with Crippen LogP contribution in [0.25, 0.3) is 0 Å². The molecule has 14 heavy (non-hydrogen) atoms. The maximum absolute atomic E-state index is 5.53. The van der Waals surface area contributed by atoms with E-state index < -0.39 is 0 Å². The number of rotatable bonds is 5. The fourth-order valence-electron chi connectivity index (χ4n) is 2.00. The van der Waals surface area contributed by atoms with Crippen molar-refractivity contribution >= 4 is 0 Å². The van der Waals surface area contributed by atoms with Gasteiger partial charge < -0.3 is 5.73 Å². The second-order valence-corrected chi connectivity index (χ2v) is 4.04. The Bertz CT molecular complexity index is 299. The Morgan fingerprint density at radius 1 is 1.57 bits per heavy atom. The van der Waals surface area contributed by atoms with Crippen molar-refractivity contribution in [2.45, 2.75) is 45.1 Å². The lowest BCUT2D eigenvalue weighted by Gasteiger charge is -2.05. The molecule has 1 heterocycles. The van der Waals surface area contributed by atoms with Crippen molar-refractivity contribution in [1.82, 2.24) is 9.78 Å². The average molecular weight is 193 g/mol. The molecule has 1 saturated carbocycles. The summed E-state index contributed by atoms with van der Waals surface area (Å²) in [5.41, 5.74) is 8.45. The van der Waals surface area contributed by atoms with Crippen molar-refractivity contribution in [1.29, 1.82) is 0 Å². The molecule has 0 radical (unpaired) electrons. The Labute approximate surface area is 85.3 Å². The summed E-state index contributed by atoms with van der Waals surface area (Å²) in [4.78, 5) is 0. The molecule has 0 spiro atoms. The highest BCUT2D eigenvalue weighted by Gasteiger charge is 2.29. The molecule has 3 nitrogen and oxygen atoms in total. The van der Waals surface area contributed by atoms with Crippen LogP contribution in [0.4, 0.5) is 0 Å². The van der Waals surface area contributed by atoms with Gasteiger partial charge in [0.1, 0.15) is 0 Å². The van der Waals surface area contributed by atoms with Crippen molar-refractivity contribution in [2.24, 2.45) is 5.73 Å². The van der Waals surface area contributed by atoms with E-state index in [1.54, 1.807) is 0 Å². The number of hydrogen-bond donors (Lipinski definition) is 1. The molecule has 0 unspecified atom stereocenters. The van der Waals surface area contributed by atoms with Crippen LogP contribution in [0.5, 0.6) is 0 Å². The lowest BCUT2D eigenvalue weighted by atomic mass is 10.1. The van der Waals surface area contributed by atoms with E-state index in [1.807, 2.05) is 6.20 Å². The Kier molecular flexibility index (Phi) is 2.87. The third kappa shape index (κ3) is 1.82. The topological polar surface area (TPSA) is 43.8 Å². The lowest BCUT2D eigenvalue weighted by Crippen LogP contribution is -2.04. The van der Waals surface area contributed by atoms with Gasteiger partial charge >= 0.3 is 0 Å². The van der Waals surface area contributed by atoms with E-state index in [9.17, 15) is 0 Å². The highest BCUT2D eigenvalue weighted by atomic mass is 15.3. The van der Waals surface area contributed by atoms with Gasteiger partial charge in [0, 0.05) is 18.2 Å². The molecule has 2 rings (SSSR count). The van der Waals surface area contributed by atoms with Crippen molar-refractivity contribution in [3.63, 3.8) is 0 Å². The highest BCUT2D eigenvalue weighted by molar-refractivity contribution is 5.25. The molecule has 0 amide bonds. The van der Waals surface area contributed by atoms with Crippen molar-refractivity contribution < 1.29 is 0 Å². The first-order valence-corrected chi connectivity index (χ1v) is 5.61. The second kappa shape index (κ2) is 4.13. The maximum atomic E-state index is 5.53. The maximum Gasteiger partial charge on any atom is 0.0524 e. The van der Waals surface area contributed by atoms with Gasteiger partial charge in [-0.1, -0.05) is 0 Å². The van der Waals surface area contributed by atoms with Crippen molar-refractivity contribution in [2.75, 3.05) is 6.54 Å². The predicted molar refractivity (Wildman–Crippen MR) is 57.3 cm³/mol. The van der Waals surface area contributed by atoms with E-state index in [-0.39, 0.29) is 0 Å². The molecule has 1 aliphatic rings. The van der Waals surface area contributed by atoms with Crippen LogP contribution in [0.2, 0.25) is 0 Å². The van der Waals surface area contributed by atoms with Gasteiger partial charge in [0.2, 0.25) is 0 Å². The summed E-state index contributed by atoms with van der Waals surface area (Å²) in [6.45, 7) is 3.93. The Hall–Kier alpha value is -0.830. The van der Waals surface area contributed by atoms with Gasteiger partial charge in [0.05, 0.1) is 6.20 Å². The molecule has 1 fully saturated rings. The molecule has 0 saturated heterocycles. The summed E-state index contributed by atoms with van der Waals surface area (Å²) < 4.78 is 2.16. The Morgan fingerprint density at radius 2 is 2.36 bits per heavy atom. The van der Waals surface area contributed by atoms with Crippen LogP contribution in [-0.4, -0.2) is 16.3 Å². The summed E-state index contributed by atoms with van der Waals surface area (Å²) in [5.74, 6) is 0.797. The van der Waals surface area contributed by atoms with Crippen LogP contribution in [-0.2, 0) is 13.0 Å². The standard InChI is InChI=1S/C11H19N3/c1-2-14-11(9-5-6-9)10(8-13-14)4-3-7-12/h8-9H,2-7,12H2,1H3. The number of aromatic nitrogens is 2. The summed E-state index contributed by atoms with van der Waals surface area (Å²) >= 11 is 0. The zero-order valence-electron chi connectivity index (χ0n) is 8.87. The number of nitrogens with zero attached hydrogens (tertiary/aromatic N) is 2. The molecule has 78 valence electrons. The molecule has 0 atom stereocenters. The Morgan fingerprint density at radius 3 is 2.93 bits per heavy atom. The van der Waals surface area contributed by atoms with Gasteiger partial charge in [-0.15, -0.1) is 0 Å². The minimum Gasteiger partial charge on any atom is -0.330 e. The predicted octanol–water partition coefficient (Wildman–Crippen LogP) is 1.67. The molecule has 3 heteroatoms. The summed E-state index contributed by atoms with van der Waals surface area (Å²) in [5, 5.41) is 4.42. The average Bonchev–Trinajstić information content (AvgIpc) is 2.96. The van der Waals surface area contributed by atoms with Gasteiger partial charge in [0.25, 0.3) is 0 Å². The quantitative estimate of drug-likeness (QED) is 0.773. The zero-order chi connectivity index (χ0) is 9.97. The molecule has 1 aromatic heterocycles. The SMILES string of the molecule is CCn1ncc(CCCN)c1C1CC1. The number of aryl methyl sites for hydroxylation is 2. The van der Waals surface area contributed by atoms with E-state index in [0.29, 0.717) is 0 Å². The smallest absolute Gasteiger partial charge is 0.0524 e. The summed E-state index contributed by atoms with van der Waals surface area (Å²) in [6.07, 6.45) is 6.91. The van der Waals surface area contributed by atoms with Crippen LogP contribution in [0.15, 0.2) is 6.20 Å². The van der Waals surface area contributed by atoms with Gasteiger partial charge in [-0.05, 0) is 44.7 Å². The third-order valence-corrected chi connectivity index (χ3v) is 2.87. The van der Waals surface area contributed by atoms with Crippen LogP contribution in [0.3, 0.4) is 0 Å². The fraction of sp³-hybridized carbons (Fsp3) is 0.727. The van der Waals surface area contributed by atoms with Gasteiger partial charge in [-0.3, -0.25) is 4.68 Å². The van der Waals surface area contributed by atoms with Crippen molar-refractivity contribution in [3.05, 3.63) is 17.5 Å². The van der Waals surface area contributed by atoms with Crippen LogP contribution in [0, 0.1) is 0 Å². The molecule has 0 aliphatic heterocycles. The largest absolute Gasteiger partial charge is 0.330 e. The molecule has 1 aromatic rings. The fourth-order valence-corrected chi connectivity index (χ4v) is 2.00. The zero-order valence-corrected chi connectivity index (χ0v) is 8.87. The van der Waals surface area contributed by atoms with Gasteiger partial charge in [-0.2, -0.15) is 5.10 Å². The van der Waals surface area contributed by atoms with E-state index in [2.05, 4.69) is 16.7 Å². The van der Waals surface area contributed by atoms with E-state index in [0.717, 1.165) is 31.8 Å². The van der Waals surface area contributed by atoms with Crippen LogP contribution >= 0.6 is 0 Å². The molecule has 0 aromatic carbocycles. The minimum atomic E-state index is 0.779. The minimum absolute atomic E-state index is 0.779. The third-order valence-electron chi connectivity index (χ3n) is 2.87. The summed E-state index contributed by atoms with van der Waals surface area (Å²) in [7, 11) is 0. The molecule has 0 bridgehead atoms. The molecule has 1 aliphatic carbocycles. The molecular formula is C11H19N3. The summed E-state index contributed by atoms with van der Waals surface area (Å²) in [6, 6.07) is 0. The molecular weight excluding hydrogens is 174 g/mol. The van der Waals surface area contributed by atoms with E-state index in [4.69, 9.17) is 5.73 Å². The molecule has 2 N–H and O–H groups in total. The van der Waals surface area contributed by atoms with Crippen LogP contribution < -0.4 is 5.73 Å². The van der Waals surface area contributed by atoms with Crippen LogP contribution in [0.1, 0.15) is 43.4 Å². The first kappa shape index (κ1) is 9.71. The monoisotopic (exact) mass is 193 g/mol. The number of nitrogens with two attached hydrogens (primary N) is 1.